The summed E-state index contributed by atoms with van der Waals surface area (Å²) in [5, 5.41) is 6.80. The van der Waals surface area contributed by atoms with Gasteiger partial charge < -0.3 is 15.4 Å². The van der Waals surface area contributed by atoms with Gasteiger partial charge in [0.25, 0.3) is 0 Å². The van der Waals surface area contributed by atoms with E-state index in [1.54, 1.807) is 0 Å². The minimum absolute atomic E-state index is 0.189. The van der Waals surface area contributed by atoms with Crippen molar-refractivity contribution in [2.75, 3.05) is 45.6 Å². The molecular weight excluding hydrogens is 344 g/mol. The minimum atomic E-state index is 0.189. The van der Waals surface area contributed by atoms with Crippen molar-refractivity contribution in [3.05, 3.63) is 35.4 Å². The summed E-state index contributed by atoms with van der Waals surface area (Å²) in [4.78, 5) is 7.21. The van der Waals surface area contributed by atoms with Crippen LogP contribution in [0.1, 0.15) is 31.9 Å². The number of hydrogen-bond donors (Lipinski definition) is 2. The van der Waals surface area contributed by atoms with E-state index in [2.05, 4.69) is 66.8 Å². The summed E-state index contributed by atoms with van der Waals surface area (Å²) < 4.78 is 5.62. The number of rotatable bonds is 8. The molecule has 6 heteroatoms. The Labute approximate surface area is 163 Å². The predicted octanol–water partition coefficient (Wildman–Crippen LogP) is 2.72. The van der Waals surface area contributed by atoms with E-state index in [0.717, 1.165) is 51.9 Å². The van der Waals surface area contributed by atoms with Crippen molar-refractivity contribution in [1.29, 1.82) is 0 Å². The van der Waals surface area contributed by atoms with Crippen LogP contribution in [0.2, 0.25) is 0 Å². The lowest BCUT2D eigenvalue weighted by atomic mass is 10.1. The Morgan fingerprint density at radius 2 is 1.96 bits per heavy atom. The zero-order valence-corrected chi connectivity index (χ0v) is 17.5. The molecule has 0 unspecified atom stereocenters. The highest BCUT2D eigenvalue weighted by Gasteiger charge is 2.16. The maximum absolute atomic E-state index is 5.43. The normalized spacial score (nSPS) is 16.5. The van der Waals surface area contributed by atoms with Gasteiger partial charge in [0.2, 0.25) is 0 Å². The third-order valence-electron chi connectivity index (χ3n) is 4.50. The molecule has 0 radical (unpaired) electrons. The van der Waals surface area contributed by atoms with Gasteiger partial charge in [-0.1, -0.05) is 24.3 Å². The fraction of sp³-hybridized carbons (Fsp3) is 0.650. The Balaban J connectivity index is 1.93. The van der Waals surface area contributed by atoms with Crippen molar-refractivity contribution in [2.45, 2.75) is 38.6 Å². The molecule has 146 valence electrons. The monoisotopic (exact) mass is 378 g/mol. The third kappa shape index (κ3) is 7.56. The minimum Gasteiger partial charge on any atom is -0.379 e. The first-order valence-corrected chi connectivity index (χ1v) is 10.7. The standard InChI is InChI=1S/C20H34N4OS/c1-5-21-19(23-16-20(2,3)26-4)22-14-17-7-6-8-18(13-17)15-24-9-11-25-12-10-24/h6-8,13H,5,9-12,14-16H2,1-4H3,(H2,21,22,23). The number of benzene rings is 1. The lowest BCUT2D eigenvalue weighted by molar-refractivity contribution is 0.0342. The molecule has 0 saturated carbocycles. The number of nitrogens with zero attached hydrogens (tertiary/aromatic N) is 2. The lowest BCUT2D eigenvalue weighted by Gasteiger charge is -2.26. The maximum Gasteiger partial charge on any atom is 0.191 e. The topological polar surface area (TPSA) is 48.9 Å². The van der Waals surface area contributed by atoms with Crippen LogP contribution in [0.25, 0.3) is 0 Å². The Kier molecular flexibility index (Phi) is 8.75. The summed E-state index contributed by atoms with van der Waals surface area (Å²) in [5.74, 6) is 0.883. The molecular formula is C20H34N4OS. The molecule has 2 N–H and O–H groups in total. The molecule has 1 aliphatic rings. The SMILES string of the molecule is CCNC(=NCc1cccc(CN2CCOCC2)c1)NCC(C)(C)SC. The van der Waals surface area contributed by atoms with Crippen molar-refractivity contribution in [3.8, 4) is 0 Å². The van der Waals surface area contributed by atoms with Gasteiger partial charge >= 0.3 is 0 Å². The van der Waals surface area contributed by atoms with E-state index in [1.807, 2.05) is 11.8 Å². The third-order valence-corrected chi connectivity index (χ3v) is 5.75. The van der Waals surface area contributed by atoms with Crippen LogP contribution >= 0.6 is 11.8 Å². The van der Waals surface area contributed by atoms with Gasteiger partial charge in [-0.25, -0.2) is 4.99 Å². The summed E-state index contributed by atoms with van der Waals surface area (Å²) in [6, 6.07) is 8.76. The molecule has 5 nitrogen and oxygen atoms in total. The first kappa shape index (κ1) is 21.1. The van der Waals surface area contributed by atoms with E-state index in [9.17, 15) is 0 Å². The molecule has 26 heavy (non-hydrogen) atoms. The van der Waals surface area contributed by atoms with E-state index in [4.69, 9.17) is 9.73 Å². The summed E-state index contributed by atoms with van der Waals surface area (Å²) in [5.41, 5.74) is 2.60. The highest BCUT2D eigenvalue weighted by molar-refractivity contribution is 7.99. The summed E-state index contributed by atoms with van der Waals surface area (Å²) >= 11 is 1.86. The quantitative estimate of drug-likeness (QED) is 0.538. The molecule has 0 aliphatic carbocycles. The average Bonchev–Trinajstić information content (AvgIpc) is 2.65. The fourth-order valence-electron chi connectivity index (χ4n) is 2.72. The first-order chi connectivity index (χ1) is 12.5. The van der Waals surface area contributed by atoms with E-state index in [-0.39, 0.29) is 4.75 Å². The van der Waals surface area contributed by atoms with Crippen LogP contribution in [-0.2, 0) is 17.8 Å². The molecule has 0 atom stereocenters. The number of guanidine groups is 1. The number of morpholine rings is 1. The van der Waals surface area contributed by atoms with E-state index >= 15 is 0 Å². The van der Waals surface area contributed by atoms with Crippen LogP contribution in [0.4, 0.5) is 0 Å². The van der Waals surface area contributed by atoms with Crippen LogP contribution in [0, 0.1) is 0 Å². The van der Waals surface area contributed by atoms with Gasteiger partial charge in [0.15, 0.2) is 5.96 Å². The molecule has 1 aromatic rings. The van der Waals surface area contributed by atoms with Crippen molar-refractivity contribution in [1.82, 2.24) is 15.5 Å². The van der Waals surface area contributed by atoms with Crippen LogP contribution < -0.4 is 10.6 Å². The molecule has 0 bridgehead atoms. The van der Waals surface area contributed by atoms with Gasteiger partial charge in [-0.2, -0.15) is 11.8 Å². The predicted molar refractivity (Wildman–Crippen MR) is 113 cm³/mol. The molecule has 0 aromatic heterocycles. The van der Waals surface area contributed by atoms with E-state index in [1.165, 1.54) is 11.1 Å². The highest BCUT2D eigenvalue weighted by atomic mass is 32.2. The summed E-state index contributed by atoms with van der Waals surface area (Å²) in [7, 11) is 0. The Morgan fingerprint density at radius 1 is 1.23 bits per heavy atom. The summed E-state index contributed by atoms with van der Waals surface area (Å²) in [6.07, 6.45) is 2.14. The number of aliphatic imine (C=N–C) groups is 1. The molecule has 2 rings (SSSR count). The van der Waals surface area contributed by atoms with Crippen molar-refractivity contribution >= 4 is 17.7 Å². The second kappa shape index (κ2) is 10.8. The molecule has 1 aliphatic heterocycles. The number of nitrogens with one attached hydrogen (secondary N) is 2. The maximum atomic E-state index is 5.43. The zero-order chi connectivity index (χ0) is 18.8. The van der Waals surface area contributed by atoms with Gasteiger partial charge in [-0.3, -0.25) is 4.90 Å². The smallest absolute Gasteiger partial charge is 0.191 e. The van der Waals surface area contributed by atoms with Crippen LogP contribution in [0.15, 0.2) is 29.3 Å². The Morgan fingerprint density at radius 3 is 2.65 bits per heavy atom. The number of thioether (sulfide) groups is 1. The Bertz CT molecular complexity index is 571. The van der Waals surface area contributed by atoms with E-state index in [0.29, 0.717) is 6.54 Å². The van der Waals surface area contributed by atoms with Gasteiger partial charge in [0.1, 0.15) is 0 Å². The number of ether oxygens (including phenoxy) is 1. The van der Waals surface area contributed by atoms with Gasteiger partial charge in [-0.15, -0.1) is 0 Å². The number of hydrogen-bond acceptors (Lipinski definition) is 4. The Hall–Kier alpha value is -1.24. The highest BCUT2D eigenvalue weighted by Crippen LogP contribution is 2.19. The van der Waals surface area contributed by atoms with Gasteiger partial charge in [0, 0.05) is 37.5 Å². The van der Waals surface area contributed by atoms with E-state index < -0.39 is 0 Å². The molecule has 0 amide bonds. The second-order valence-electron chi connectivity index (χ2n) is 7.22. The fourth-order valence-corrected chi connectivity index (χ4v) is 2.94. The average molecular weight is 379 g/mol. The van der Waals surface area contributed by atoms with Crippen LogP contribution in [0.5, 0.6) is 0 Å². The summed E-state index contributed by atoms with van der Waals surface area (Å²) in [6.45, 7) is 13.7. The van der Waals surface area contributed by atoms with Crippen molar-refractivity contribution in [2.24, 2.45) is 4.99 Å². The molecule has 1 saturated heterocycles. The van der Waals surface area contributed by atoms with Crippen molar-refractivity contribution < 1.29 is 4.74 Å². The van der Waals surface area contributed by atoms with Crippen LogP contribution in [-0.4, -0.2) is 61.3 Å². The van der Waals surface area contributed by atoms with Crippen molar-refractivity contribution in [3.63, 3.8) is 0 Å². The largest absolute Gasteiger partial charge is 0.379 e. The molecule has 1 aromatic carbocycles. The molecule has 0 spiro atoms. The first-order valence-electron chi connectivity index (χ1n) is 9.47. The molecule has 1 heterocycles. The van der Waals surface area contributed by atoms with Gasteiger partial charge in [-0.05, 0) is 38.2 Å². The van der Waals surface area contributed by atoms with Gasteiger partial charge in [0.05, 0.1) is 19.8 Å². The lowest BCUT2D eigenvalue weighted by Crippen LogP contribution is -2.43. The zero-order valence-electron chi connectivity index (χ0n) is 16.7. The molecule has 1 fully saturated rings. The van der Waals surface area contributed by atoms with Crippen LogP contribution in [0.3, 0.4) is 0 Å². The second-order valence-corrected chi connectivity index (χ2v) is 8.73.